The van der Waals surface area contributed by atoms with Gasteiger partial charge in [-0.25, -0.2) is 5.43 Å². The molecule has 0 spiro atoms. The number of nitrogens with two attached hydrogens (primary N) is 1. The molecule has 3 amide bonds. The third kappa shape index (κ3) is 7.51. The molecule has 31 heavy (non-hydrogen) atoms. The first kappa shape index (κ1) is 22.9. The summed E-state index contributed by atoms with van der Waals surface area (Å²) in [6.45, 7) is 1.86. The first-order chi connectivity index (χ1) is 14.9. The maximum atomic E-state index is 12.0. The van der Waals surface area contributed by atoms with Crippen LogP contribution in [-0.4, -0.2) is 37.1 Å². The highest BCUT2D eigenvalue weighted by molar-refractivity contribution is 6.39. The van der Waals surface area contributed by atoms with Crippen LogP contribution < -0.4 is 25.9 Å². The number of carbonyl (C=O) groups excluding carboxylic acids is 3. The van der Waals surface area contributed by atoms with Gasteiger partial charge in [0.1, 0.15) is 0 Å². The van der Waals surface area contributed by atoms with Gasteiger partial charge in [-0.05, 0) is 48.4 Å². The highest BCUT2D eigenvalue weighted by Crippen LogP contribution is 2.28. The van der Waals surface area contributed by atoms with E-state index in [-0.39, 0.29) is 13.0 Å². The molecule has 2 aromatic carbocycles. The second-order valence-corrected chi connectivity index (χ2v) is 6.08. The molecule has 2 rings (SSSR count). The molecule has 0 aliphatic carbocycles. The molecule has 160 valence electrons. The zero-order valence-corrected chi connectivity index (χ0v) is 16.8. The van der Waals surface area contributed by atoms with E-state index in [0.29, 0.717) is 29.4 Å². The van der Waals surface area contributed by atoms with Gasteiger partial charge in [0.2, 0.25) is 0 Å². The van der Waals surface area contributed by atoms with Crippen LogP contribution in [0.1, 0.15) is 18.1 Å². The summed E-state index contributed by atoms with van der Waals surface area (Å²) in [5, 5.41) is 14.8. The summed E-state index contributed by atoms with van der Waals surface area (Å²) in [6.07, 6.45) is 1.58. The lowest BCUT2D eigenvalue weighted by molar-refractivity contribution is -0.136. The molecule has 0 aromatic heterocycles. The van der Waals surface area contributed by atoms with E-state index in [2.05, 4.69) is 15.8 Å². The number of hydrazone groups is 1. The Hall–Kier alpha value is -4.39. The van der Waals surface area contributed by atoms with Crippen molar-refractivity contribution in [2.24, 2.45) is 10.8 Å². The number of carbonyl (C=O) groups is 3. The van der Waals surface area contributed by atoms with Gasteiger partial charge in [-0.3, -0.25) is 14.4 Å². The number of anilines is 1. The standard InChI is InChI=1S/C21H21N5O5/c1-2-30-18-11-15(5-8-17(18)31-13-19(23)27)12-24-26-21(29)20(28)25-16-6-3-14(4-7-16)9-10-22/h3-8,11-12H,2,9,13H2,1H3,(H2,23,27)(H,25,28)(H,26,29)/b24-12+. The lowest BCUT2D eigenvalue weighted by Gasteiger charge is -2.11. The fraction of sp³-hybridized carbons (Fsp3) is 0.190. The van der Waals surface area contributed by atoms with Crippen molar-refractivity contribution < 1.29 is 23.9 Å². The van der Waals surface area contributed by atoms with E-state index >= 15 is 0 Å². The van der Waals surface area contributed by atoms with E-state index in [0.717, 1.165) is 5.56 Å². The van der Waals surface area contributed by atoms with Crippen molar-refractivity contribution in [3.8, 4) is 17.6 Å². The van der Waals surface area contributed by atoms with Crippen molar-refractivity contribution in [1.82, 2.24) is 5.43 Å². The molecule has 0 radical (unpaired) electrons. The minimum Gasteiger partial charge on any atom is -0.490 e. The van der Waals surface area contributed by atoms with Gasteiger partial charge >= 0.3 is 11.8 Å². The Bertz CT molecular complexity index is 1010. The van der Waals surface area contributed by atoms with Gasteiger partial charge in [0, 0.05) is 5.69 Å². The molecule has 0 heterocycles. The summed E-state index contributed by atoms with van der Waals surface area (Å²) in [4.78, 5) is 34.7. The van der Waals surface area contributed by atoms with E-state index in [9.17, 15) is 14.4 Å². The molecule has 0 bridgehead atoms. The average Bonchev–Trinajstić information content (AvgIpc) is 2.74. The fourth-order valence-corrected chi connectivity index (χ4v) is 2.34. The van der Waals surface area contributed by atoms with Crippen LogP contribution in [-0.2, 0) is 20.8 Å². The van der Waals surface area contributed by atoms with Crippen molar-refractivity contribution in [2.45, 2.75) is 13.3 Å². The maximum absolute atomic E-state index is 12.0. The number of nitrogens with one attached hydrogen (secondary N) is 2. The molecule has 10 nitrogen and oxygen atoms in total. The number of hydrogen-bond donors (Lipinski definition) is 3. The Balaban J connectivity index is 1.94. The zero-order chi connectivity index (χ0) is 22.6. The first-order valence-electron chi connectivity index (χ1n) is 9.21. The minimum absolute atomic E-state index is 0.257. The van der Waals surface area contributed by atoms with E-state index in [1.807, 2.05) is 6.07 Å². The number of nitrogens with zero attached hydrogens (tertiary/aromatic N) is 2. The first-order valence-corrected chi connectivity index (χ1v) is 9.21. The SMILES string of the molecule is CCOc1cc(/C=N/NC(=O)C(=O)Nc2ccc(CC#N)cc2)ccc1OCC(N)=O. The normalized spacial score (nSPS) is 10.2. The molecule has 10 heteroatoms. The van der Waals surface area contributed by atoms with Crippen LogP contribution >= 0.6 is 0 Å². The number of amides is 3. The highest BCUT2D eigenvalue weighted by Gasteiger charge is 2.13. The van der Waals surface area contributed by atoms with Crippen molar-refractivity contribution in [1.29, 1.82) is 5.26 Å². The zero-order valence-electron chi connectivity index (χ0n) is 16.8. The molecule has 0 fully saturated rings. The van der Waals surface area contributed by atoms with Crippen molar-refractivity contribution in [2.75, 3.05) is 18.5 Å². The van der Waals surface area contributed by atoms with E-state index < -0.39 is 17.7 Å². The van der Waals surface area contributed by atoms with Gasteiger partial charge in [-0.15, -0.1) is 0 Å². The number of primary amides is 1. The molecule has 0 aliphatic heterocycles. The number of hydrogen-bond acceptors (Lipinski definition) is 7. The molecular weight excluding hydrogens is 402 g/mol. The summed E-state index contributed by atoms with van der Waals surface area (Å²) < 4.78 is 10.7. The molecular formula is C21H21N5O5. The lowest BCUT2D eigenvalue weighted by atomic mass is 10.1. The van der Waals surface area contributed by atoms with Gasteiger partial charge < -0.3 is 20.5 Å². The molecule has 0 saturated carbocycles. The largest absolute Gasteiger partial charge is 0.490 e. The van der Waals surface area contributed by atoms with Crippen molar-refractivity contribution in [3.05, 3.63) is 53.6 Å². The second kappa shape index (κ2) is 11.6. The summed E-state index contributed by atoms with van der Waals surface area (Å²) in [5.41, 5.74) is 8.97. The van der Waals surface area contributed by atoms with Crippen LogP contribution in [0.5, 0.6) is 11.5 Å². The predicted molar refractivity (Wildman–Crippen MR) is 112 cm³/mol. The Morgan fingerprint density at radius 1 is 1.10 bits per heavy atom. The van der Waals surface area contributed by atoms with Crippen molar-refractivity contribution >= 4 is 29.6 Å². The summed E-state index contributed by atoms with van der Waals surface area (Å²) in [7, 11) is 0. The number of nitriles is 1. The van der Waals surface area contributed by atoms with Crippen LogP contribution in [0.3, 0.4) is 0 Å². The fourth-order valence-electron chi connectivity index (χ4n) is 2.34. The third-order valence-electron chi connectivity index (χ3n) is 3.72. The minimum atomic E-state index is -0.955. The van der Waals surface area contributed by atoms with Gasteiger partial charge in [-0.1, -0.05) is 12.1 Å². The second-order valence-electron chi connectivity index (χ2n) is 6.08. The molecule has 0 saturated heterocycles. The van der Waals surface area contributed by atoms with Crippen LogP contribution in [0.2, 0.25) is 0 Å². The van der Waals surface area contributed by atoms with Crippen LogP contribution in [0, 0.1) is 11.3 Å². The van der Waals surface area contributed by atoms with Gasteiger partial charge in [-0.2, -0.15) is 10.4 Å². The topological polar surface area (TPSA) is 156 Å². The Morgan fingerprint density at radius 2 is 1.84 bits per heavy atom. The quantitative estimate of drug-likeness (QED) is 0.311. The summed E-state index contributed by atoms with van der Waals surface area (Å²) in [6, 6.07) is 13.4. The average molecular weight is 423 g/mol. The number of benzene rings is 2. The Morgan fingerprint density at radius 3 is 2.48 bits per heavy atom. The molecule has 0 atom stereocenters. The van der Waals surface area contributed by atoms with Crippen molar-refractivity contribution in [3.63, 3.8) is 0 Å². The number of ether oxygens (including phenoxy) is 2. The molecule has 4 N–H and O–H groups in total. The molecule has 2 aromatic rings. The van der Waals surface area contributed by atoms with Gasteiger partial charge in [0.25, 0.3) is 5.91 Å². The van der Waals surface area contributed by atoms with Gasteiger partial charge in [0.05, 0.1) is 25.3 Å². The van der Waals surface area contributed by atoms with E-state index in [1.165, 1.54) is 6.21 Å². The Kier molecular flexibility index (Phi) is 8.55. The summed E-state index contributed by atoms with van der Waals surface area (Å²) >= 11 is 0. The van der Waals surface area contributed by atoms with E-state index in [4.69, 9.17) is 20.5 Å². The maximum Gasteiger partial charge on any atom is 0.329 e. The smallest absolute Gasteiger partial charge is 0.329 e. The summed E-state index contributed by atoms with van der Waals surface area (Å²) in [5.74, 6) is -1.76. The monoisotopic (exact) mass is 423 g/mol. The lowest BCUT2D eigenvalue weighted by Crippen LogP contribution is -2.32. The van der Waals surface area contributed by atoms with Gasteiger partial charge in [0.15, 0.2) is 18.1 Å². The van der Waals surface area contributed by atoms with Crippen LogP contribution in [0.4, 0.5) is 5.69 Å². The van der Waals surface area contributed by atoms with E-state index in [1.54, 1.807) is 49.4 Å². The molecule has 0 unspecified atom stereocenters. The molecule has 0 aliphatic rings. The number of rotatable bonds is 9. The predicted octanol–water partition coefficient (Wildman–Crippen LogP) is 1.10. The van der Waals surface area contributed by atoms with Crippen LogP contribution in [0.15, 0.2) is 47.6 Å². The third-order valence-corrected chi connectivity index (χ3v) is 3.72. The highest BCUT2D eigenvalue weighted by atomic mass is 16.5. The van der Waals surface area contributed by atoms with Crippen LogP contribution in [0.25, 0.3) is 0 Å². The Labute approximate surface area is 178 Å².